The van der Waals surface area contributed by atoms with Crippen LogP contribution in [-0.4, -0.2) is 17.5 Å². The second-order valence-corrected chi connectivity index (χ2v) is 4.64. The highest BCUT2D eigenvalue weighted by atomic mass is 16.5. The molecule has 1 atom stereocenters. The number of hydrogen-bond acceptors (Lipinski definition) is 4. The lowest BCUT2D eigenvalue weighted by atomic mass is 10.1. The zero-order chi connectivity index (χ0) is 15.2. The smallest absolute Gasteiger partial charge is 0.255 e. The van der Waals surface area contributed by atoms with Gasteiger partial charge in [-0.15, -0.1) is 0 Å². The standard InChI is InChI=1S/C16H19N3O2/c1-3-21-15-13(7-4-8-14(15)17)16(20)19-11(2)12-6-5-9-18-10-12/h4-11H,3,17H2,1-2H3,(H,19,20). The predicted octanol–water partition coefficient (Wildman–Crippen LogP) is 2.55. The first-order valence-electron chi connectivity index (χ1n) is 6.85. The van der Waals surface area contributed by atoms with E-state index in [1.807, 2.05) is 26.0 Å². The van der Waals surface area contributed by atoms with E-state index < -0.39 is 0 Å². The number of amides is 1. The van der Waals surface area contributed by atoms with Crippen molar-refractivity contribution in [3.05, 3.63) is 53.9 Å². The average Bonchev–Trinajstić information content (AvgIpc) is 2.50. The van der Waals surface area contributed by atoms with Gasteiger partial charge in [0.1, 0.15) is 0 Å². The van der Waals surface area contributed by atoms with Gasteiger partial charge in [-0.3, -0.25) is 9.78 Å². The fourth-order valence-electron chi connectivity index (χ4n) is 2.03. The van der Waals surface area contributed by atoms with Crippen LogP contribution in [0.4, 0.5) is 5.69 Å². The maximum absolute atomic E-state index is 12.4. The summed E-state index contributed by atoms with van der Waals surface area (Å²) in [4.78, 5) is 16.5. The summed E-state index contributed by atoms with van der Waals surface area (Å²) in [6, 6.07) is 8.76. The Morgan fingerprint density at radius 2 is 2.19 bits per heavy atom. The molecule has 5 heteroatoms. The first-order valence-corrected chi connectivity index (χ1v) is 6.85. The van der Waals surface area contributed by atoms with Crippen molar-refractivity contribution in [3.63, 3.8) is 0 Å². The van der Waals surface area contributed by atoms with Crippen LogP contribution in [0.2, 0.25) is 0 Å². The number of para-hydroxylation sites is 1. The number of nitrogens with two attached hydrogens (primary N) is 1. The van der Waals surface area contributed by atoms with E-state index >= 15 is 0 Å². The lowest BCUT2D eigenvalue weighted by Crippen LogP contribution is -2.27. The van der Waals surface area contributed by atoms with Crippen molar-refractivity contribution < 1.29 is 9.53 Å². The topological polar surface area (TPSA) is 77.2 Å². The van der Waals surface area contributed by atoms with Crippen molar-refractivity contribution in [2.45, 2.75) is 19.9 Å². The van der Waals surface area contributed by atoms with Crippen LogP contribution in [0.3, 0.4) is 0 Å². The quantitative estimate of drug-likeness (QED) is 0.828. The van der Waals surface area contributed by atoms with Crippen LogP contribution in [0.25, 0.3) is 0 Å². The van der Waals surface area contributed by atoms with Crippen LogP contribution in [0.1, 0.15) is 35.8 Å². The molecule has 2 aromatic rings. The number of anilines is 1. The van der Waals surface area contributed by atoms with Crippen LogP contribution in [0.5, 0.6) is 5.75 Å². The molecule has 2 rings (SSSR count). The van der Waals surface area contributed by atoms with Crippen molar-refractivity contribution in [1.82, 2.24) is 10.3 Å². The third-order valence-electron chi connectivity index (χ3n) is 3.11. The summed E-state index contributed by atoms with van der Waals surface area (Å²) in [5.41, 5.74) is 7.70. The number of benzene rings is 1. The summed E-state index contributed by atoms with van der Waals surface area (Å²) < 4.78 is 5.48. The van der Waals surface area contributed by atoms with Crippen molar-refractivity contribution in [3.8, 4) is 5.75 Å². The number of nitrogen functional groups attached to an aromatic ring is 1. The van der Waals surface area contributed by atoms with E-state index in [4.69, 9.17) is 10.5 Å². The highest BCUT2D eigenvalue weighted by Crippen LogP contribution is 2.27. The third kappa shape index (κ3) is 3.51. The number of carbonyl (C=O) groups excluding carboxylic acids is 1. The minimum absolute atomic E-state index is 0.151. The van der Waals surface area contributed by atoms with E-state index in [0.29, 0.717) is 23.6 Å². The lowest BCUT2D eigenvalue weighted by Gasteiger charge is -2.16. The molecule has 110 valence electrons. The van der Waals surface area contributed by atoms with Crippen LogP contribution in [0.15, 0.2) is 42.7 Å². The molecule has 0 aliphatic heterocycles. The molecule has 0 spiro atoms. The summed E-state index contributed by atoms with van der Waals surface area (Å²) in [6.45, 7) is 4.21. The first-order chi connectivity index (χ1) is 10.1. The molecule has 1 unspecified atom stereocenters. The van der Waals surface area contributed by atoms with Gasteiger partial charge in [0.15, 0.2) is 5.75 Å². The number of aromatic nitrogens is 1. The van der Waals surface area contributed by atoms with E-state index in [0.717, 1.165) is 5.56 Å². The van der Waals surface area contributed by atoms with Crippen LogP contribution in [0, 0.1) is 0 Å². The van der Waals surface area contributed by atoms with Crippen molar-refractivity contribution >= 4 is 11.6 Å². The fourth-order valence-corrected chi connectivity index (χ4v) is 2.03. The number of nitrogens with zero attached hydrogens (tertiary/aromatic N) is 1. The van der Waals surface area contributed by atoms with Gasteiger partial charge < -0.3 is 15.8 Å². The van der Waals surface area contributed by atoms with Gasteiger partial charge in [-0.1, -0.05) is 12.1 Å². The molecule has 5 nitrogen and oxygen atoms in total. The Morgan fingerprint density at radius 3 is 2.86 bits per heavy atom. The van der Waals surface area contributed by atoms with E-state index in [1.165, 1.54) is 0 Å². The molecular formula is C16H19N3O2. The number of rotatable bonds is 5. The first kappa shape index (κ1) is 14.8. The summed E-state index contributed by atoms with van der Waals surface area (Å²) in [6.07, 6.45) is 3.43. The second kappa shape index (κ2) is 6.74. The third-order valence-corrected chi connectivity index (χ3v) is 3.11. The Morgan fingerprint density at radius 1 is 1.38 bits per heavy atom. The Bertz CT molecular complexity index is 614. The van der Waals surface area contributed by atoms with Gasteiger partial charge >= 0.3 is 0 Å². The summed E-state index contributed by atoms with van der Waals surface area (Å²) in [5, 5.41) is 2.92. The number of ether oxygens (including phenoxy) is 1. The minimum Gasteiger partial charge on any atom is -0.491 e. The molecule has 0 bridgehead atoms. The summed E-state index contributed by atoms with van der Waals surface area (Å²) in [7, 11) is 0. The Labute approximate surface area is 124 Å². The molecule has 1 heterocycles. The van der Waals surface area contributed by atoms with Gasteiger partial charge in [-0.25, -0.2) is 0 Å². The van der Waals surface area contributed by atoms with Gasteiger partial charge in [-0.05, 0) is 37.6 Å². The van der Waals surface area contributed by atoms with E-state index in [2.05, 4.69) is 10.3 Å². The molecule has 0 saturated heterocycles. The highest BCUT2D eigenvalue weighted by molar-refractivity contribution is 5.98. The van der Waals surface area contributed by atoms with Crippen LogP contribution < -0.4 is 15.8 Å². The predicted molar refractivity (Wildman–Crippen MR) is 82.1 cm³/mol. The van der Waals surface area contributed by atoms with Gasteiger partial charge in [0, 0.05) is 12.4 Å². The summed E-state index contributed by atoms with van der Waals surface area (Å²) >= 11 is 0. The van der Waals surface area contributed by atoms with Crippen molar-refractivity contribution in [1.29, 1.82) is 0 Å². The molecule has 3 N–H and O–H groups in total. The molecule has 1 amide bonds. The number of carbonyl (C=O) groups is 1. The normalized spacial score (nSPS) is 11.7. The Balaban J connectivity index is 2.19. The maximum atomic E-state index is 12.4. The van der Waals surface area contributed by atoms with Gasteiger partial charge in [-0.2, -0.15) is 0 Å². The zero-order valence-corrected chi connectivity index (χ0v) is 12.2. The number of hydrogen-bond donors (Lipinski definition) is 2. The highest BCUT2D eigenvalue weighted by Gasteiger charge is 2.17. The Hall–Kier alpha value is -2.56. The van der Waals surface area contributed by atoms with Gasteiger partial charge in [0.2, 0.25) is 0 Å². The van der Waals surface area contributed by atoms with Gasteiger partial charge in [0.25, 0.3) is 5.91 Å². The van der Waals surface area contributed by atoms with Crippen LogP contribution >= 0.6 is 0 Å². The van der Waals surface area contributed by atoms with Crippen molar-refractivity contribution in [2.24, 2.45) is 0 Å². The zero-order valence-electron chi connectivity index (χ0n) is 12.2. The maximum Gasteiger partial charge on any atom is 0.255 e. The molecule has 1 aromatic heterocycles. The molecule has 21 heavy (non-hydrogen) atoms. The van der Waals surface area contributed by atoms with Crippen LogP contribution in [-0.2, 0) is 0 Å². The summed E-state index contributed by atoms with van der Waals surface area (Å²) in [5.74, 6) is 0.206. The molecule has 0 aliphatic rings. The molecule has 0 saturated carbocycles. The van der Waals surface area contributed by atoms with Gasteiger partial charge in [0.05, 0.1) is 23.9 Å². The van der Waals surface area contributed by atoms with E-state index in [1.54, 1.807) is 30.6 Å². The lowest BCUT2D eigenvalue weighted by molar-refractivity contribution is 0.0936. The molecule has 0 aliphatic carbocycles. The molecule has 1 aromatic carbocycles. The van der Waals surface area contributed by atoms with Crippen molar-refractivity contribution in [2.75, 3.05) is 12.3 Å². The van der Waals surface area contributed by atoms with E-state index in [-0.39, 0.29) is 11.9 Å². The largest absolute Gasteiger partial charge is 0.491 e. The number of nitrogens with one attached hydrogen (secondary N) is 1. The molecule has 0 fully saturated rings. The average molecular weight is 285 g/mol. The monoisotopic (exact) mass is 285 g/mol. The minimum atomic E-state index is -0.220. The Kier molecular flexibility index (Phi) is 4.77. The fraction of sp³-hybridized carbons (Fsp3) is 0.250. The molecule has 0 radical (unpaired) electrons. The SMILES string of the molecule is CCOc1c(N)cccc1C(=O)NC(C)c1cccnc1. The second-order valence-electron chi connectivity index (χ2n) is 4.64. The van der Waals surface area contributed by atoms with E-state index in [9.17, 15) is 4.79 Å². The number of pyridine rings is 1. The molecular weight excluding hydrogens is 266 g/mol.